The first kappa shape index (κ1) is 11.0. The molecule has 5 heteroatoms. The molecule has 0 radical (unpaired) electrons. The molecule has 3 saturated heterocycles. The van der Waals surface area contributed by atoms with Crippen LogP contribution in [-0.2, 0) is 0 Å². The molecule has 0 N–H and O–H groups in total. The zero-order chi connectivity index (χ0) is 12.1. The van der Waals surface area contributed by atoms with Gasteiger partial charge in [-0.05, 0) is 24.8 Å². The summed E-state index contributed by atoms with van der Waals surface area (Å²) in [5.74, 6) is 2.87. The smallest absolute Gasteiger partial charge is 0.233 e. The maximum absolute atomic E-state index is 6.09. The van der Waals surface area contributed by atoms with Gasteiger partial charge in [-0.1, -0.05) is 11.6 Å². The Labute approximate surface area is 111 Å². The van der Waals surface area contributed by atoms with Crippen molar-refractivity contribution in [2.24, 2.45) is 17.8 Å². The average Bonchev–Trinajstić information content (AvgIpc) is 2.35. The molecule has 0 aromatic carbocycles. The van der Waals surface area contributed by atoms with Crippen LogP contribution in [0.1, 0.15) is 12.8 Å². The van der Waals surface area contributed by atoms with E-state index in [9.17, 15) is 0 Å². The van der Waals surface area contributed by atoms with Gasteiger partial charge in [-0.2, -0.15) is 0 Å². The lowest BCUT2D eigenvalue weighted by Crippen LogP contribution is -2.61. The van der Waals surface area contributed by atoms with Gasteiger partial charge in [0.05, 0.1) is 0 Å². The predicted octanol–water partition coefficient (Wildman–Crippen LogP) is 1.85. The average molecular weight is 266 g/mol. The van der Waals surface area contributed by atoms with E-state index in [1.165, 1.54) is 32.5 Å². The van der Waals surface area contributed by atoms with Gasteiger partial charge in [0.2, 0.25) is 5.88 Å². The van der Waals surface area contributed by atoms with Crippen LogP contribution in [0.3, 0.4) is 0 Å². The highest BCUT2D eigenvalue weighted by Crippen LogP contribution is 2.44. The Morgan fingerprint density at radius 2 is 1.89 bits per heavy atom. The number of hydrogen-bond donors (Lipinski definition) is 0. The van der Waals surface area contributed by atoms with E-state index in [0.717, 1.165) is 5.92 Å². The zero-order valence-electron chi connectivity index (χ0n) is 10.1. The first-order valence-electron chi connectivity index (χ1n) is 6.66. The summed E-state index contributed by atoms with van der Waals surface area (Å²) in [5.41, 5.74) is 0. The van der Waals surface area contributed by atoms with Gasteiger partial charge in [-0.3, -0.25) is 0 Å². The van der Waals surface area contributed by atoms with Crippen LogP contribution >= 0.6 is 11.6 Å². The Morgan fingerprint density at radius 1 is 1.11 bits per heavy atom. The van der Waals surface area contributed by atoms with Crippen molar-refractivity contribution in [2.75, 3.05) is 19.6 Å². The van der Waals surface area contributed by atoms with Crippen molar-refractivity contribution in [3.05, 3.63) is 17.3 Å². The fourth-order valence-electron chi connectivity index (χ4n) is 4.06. The van der Waals surface area contributed by atoms with E-state index in [1.807, 2.05) is 6.07 Å². The molecule has 0 spiro atoms. The fourth-order valence-corrected chi connectivity index (χ4v) is 4.16. The molecule has 4 aliphatic rings. The van der Waals surface area contributed by atoms with E-state index in [-0.39, 0.29) is 0 Å². The monoisotopic (exact) mass is 265 g/mol. The summed E-state index contributed by atoms with van der Waals surface area (Å²) in [5, 5.41) is 8.27. The van der Waals surface area contributed by atoms with E-state index in [2.05, 4.69) is 15.1 Å². The Bertz CT molecular complexity index is 422. The van der Waals surface area contributed by atoms with Crippen LogP contribution in [0.5, 0.6) is 5.88 Å². The second-order valence-electron chi connectivity index (χ2n) is 5.85. The van der Waals surface area contributed by atoms with Crippen LogP contribution in [0, 0.1) is 17.8 Å². The molecule has 1 aliphatic carbocycles. The number of rotatable bonds is 2. The molecule has 1 aromatic rings. The Balaban J connectivity index is 1.53. The second-order valence-corrected chi connectivity index (χ2v) is 6.24. The van der Waals surface area contributed by atoms with Crippen molar-refractivity contribution in [1.82, 2.24) is 15.1 Å². The summed E-state index contributed by atoms with van der Waals surface area (Å²) >= 11 is 5.74. The molecule has 4 heterocycles. The molecule has 1 saturated carbocycles. The highest BCUT2D eigenvalue weighted by atomic mass is 35.5. The van der Waals surface area contributed by atoms with Crippen molar-refractivity contribution in [2.45, 2.75) is 18.9 Å². The third kappa shape index (κ3) is 1.79. The van der Waals surface area contributed by atoms with Crippen LogP contribution in [-0.4, -0.2) is 40.8 Å². The zero-order valence-corrected chi connectivity index (χ0v) is 10.9. The molecular weight excluding hydrogens is 250 g/mol. The molecule has 18 heavy (non-hydrogen) atoms. The Morgan fingerprint density at radius 3 is 2.50 bits per heavy atom. The van der Waals surface area contributed by atoms with Crippen molar-refractivity contribution in [3.63, 3.8) is 0 Å². The van der Waals surface area contributed by atoms with E-state index in [0.29, 0.717) is 29.0 Å². The van der Waals surface area contributed by atoms with Gasteiger partial charge in [0.25, 0.3) is 0 Å². The van der Waals surface area contributed by atoms with Gasteiger partial charge >= 0.3 is 0 Å². The SMILES string of the molecule is Clc1ccc(OC2[C@@H]3CC4C[C@@H]2CN(C4)C3)nn1. The molecule has 1 aromatic heterocycles. The van der Waals surface area contributed by atoms with Gasteiger partial charge in [0.15, 0.2) is 5.15 Å². The standard InChI is InChI=1S/C13H16ClN3O/c14-11-1-2-12(16-15-11)18-13-9-3-8-4-10(13)7-17(5-8)6-9/h1-2,8-10,13H,3-7H2/t8?,9-,10-,13?/m1/s1. The third-order valence-corrected chi connectivity index (χ3v) is 4.77. The Kier molecular flexibility index (Phi) is 2.49. The number of halogens is 1. The minimum Gasteiger partial charge on any atom is -0.473 e. The minimum absolute atomic E-state index is 0.327. The van der Waals surface area contributed by atoms with Crippen molar-refractivity contribution < 1.29 is 4.74 Å². The molecule has 4 fully saturated rings. The van der Waals surface area contributed by atoms with E-state index >= 15 is 0 Å². The highest BCUT2D eigenvalue weighted by molar-refractivity contribution is 6.29. The Hall–Kier alpha value is -0.870. The first-order chi connectivity index (χ1) is 8.78. The largest absolute Gasteiger partial charge is 0.473 e. The lowest BCUT2D eigenvalue weighted by Gasteiger charge is -2.55. The van der Waals surface area contributed by atoms with E-state index < -0.39 is 0 Å². The maximum Gasteiger partial charge on any atom is 0.233 e. The number of ether oxygens (including phenoxy) is 1. The third-order valence-electron chi connectivity index (χ3n) is 4.57. The molecule has 2 atom stereocenters. The minimum atomic E-state index is 0.327. The quantitative estimate of drug-likeness (QED) is 0.818. The summed E-state index contributed by atoms with van der Waals surface area (Å²) in [7, 11) is 0. The van der Waals surface area contributed by atoms with Crippen LogP contribution < -0.4 is 4.74 Å². The predicted molar refractivity (Wildman–Crippen MR) is 67.6 cm³/mol. The number of nitrogens with zero attached hydrogens (tertiary/aromatic N) is 3. The molecular formula is C13H16ClN3O. The lowest BCUT2D eigenvalue weighted by atomic mass is 9.66. The van der Waals surface area contributed by atoms with Crippen LogP contribution in [0.4, 0.5) is 0 Å². The van der Waals surface area contributed by atoms with Gasteiger partial charge in [0, 0.05) is 37.5 Å². The molecule has 0 unspecified atom stereocenters. The van der Waals surface area contributed by atoms with Crippen LogP contribution in [0.15, 0.2) is 12.1 Å². The first-order valence-corrected chi connectivity index (χ1v) is 7.04. The van der Waals surface area contributed by atoms with E-state index in [1.54, 1.807) is 6.07 Å². The normalized spacial score (nSPS) is 41.1. The van der Waals surface area contributed by atoms with Crippen molar-refractivity contribution >= 4 is 11.6 Å². The van der Waals surface area contributed by atoms with Gasteiger partial charge < -0.3 is 9.64 Å². The summed E-state index contributed by atoms with van der Waals surface area (Å²) in [6, 6.07) is 3.56. The van der Waals surface area contributed by atoms with E-state index in [4.69, 9.17) is 16.3 Å². The molecule has 4 bridgehead atoms. The topological polar surface area (TPSA) is 38.2 Å². The number of hydrogen-bond acceptors (Lipinski definition) is 4. The maximum atomic E-state index is 6.09. The van der Waals surface area contributed by atoms with Crippen molar-refractivity contribution in [1.29, 1.82) is 0 Å². The second kappa shape index (κ2) is 4.07. The van der Waals surface area contributed by atoms with Gasteiger partial charge in [-0.25, -0.2) is 0 Å². The number of aromatic nitrogens is 2. The summed E-state index contributed by atoms with van der Waals surface area (Å²) in [4.78, 5) is 2.60. The van der Waals surface area contributed by atoms with Crippen LogP contribution in [0.25, 0.3) is 0 Å². The highest BCUT2D eigenvalue weighted by Gasteiger charge is 2.48. The van der Waals surface area contributed by atoms with Gasteiger partial charge in [0.1, 0.15) is 6.10 Å². The van der Waals surface area contributed by atoms with Crippen molar-refractivity contribution in [3.8, 4) is 5.88 Å². The molecule has 5 rings (SSSR count). The number of piperidine rings is 3. The summed E-state index contributed by atoms with van der Waals surface area (Å²) < 4.78 is 6.09. The molecule has 4 nitrogen and oxygen atoms in total. The molecule has 0 amide bonds. The van der Waals surface area contributed by atoms with Crippen LogP contribution in [0.2, 0.25) is 5.15 Å². The molecule has 96 valence electrons. The molecule has 3 aliphatic heterocycles. The van der Waals surface area contributed by atoms with Gasteiger partial charge in [-0.15, -0.1) is 10.2 Å². The summed E-state index contributed by atoms with van der Waals surface area (Å²) in [6.07, 6.45) is 2.96. The fraction of sp³-hybridized carbons (Fsp3) is 0.692. The summed E-state index contributed by atoms with van der Waals surface area (Å²) in [6.45, 7) is 3.69. The lowest BCUT2D eigenvalue weighted by molar-refractivity contribution is -0.0999.